The number of unbranched alkanes of at least 4 members (excludes halogenated alkanes) is 2. The molecule has 2 aliphatic carbocycles. The SMILES string of the molecule is CCCCC1=Cc2c(-c3ccc([Si](C)(C)C)cc3)c(C)c(C)c(C)c2[CH]1[Zr]([Cl])([Cl])([CH2]C)[CH]1C(CCCC)=Cc2c(-c3ccc([Si](C)(C)C)cc3)c(C)c(C)c(C)c21. The Morgan fingerprint density at radius 3 is 1.11 bits per heavy atom. The number of hydrogen-bond acceptors (Lipinski definition) is 0. The fourth-order valence-electron chi connectivity index (χ4n) is 10.5. The summed E-state index contributed by atoms with van der Waals surface area (Å²) in [6.07, 6.45) is 11.8. The van der Waals surface area contributed by atoms with Gasteiger partial charge in [-0.05, 0) is 0 Å². The molecular weight excluding hydrogens is 843 g/mol. The average Bonchev–Trinajstić information content (AvgIpc) is 3.75. The van der Waals surface area contributed by atoms with Crippen LogP contribution in [-0.4, -0.2) is 16.1 Å². The van der Waals surface area contributed by atoms with Gasteiger partial charge >= 0.3 is 361 Å². The standard InChI is InChI=1S/2C25H33Si.C2H5.2ClH.Zr/c2*1-8-9-10-20-15-23-18(3)17(2)19(4)25(24(23)16-20)21-11-13-22(14-12-21)26(5,6)7;1-2;;;/h2*11-16H,8-10H2,1-7H3;1H2,2H3;2*1H;/q;;;;;+2/p-2. The first-order chi connectivity index (χ1) is 26.6. The third-order valence-electron chi connectivity index (χ3n) is 14.5. The molecule has 0 spiro atoms. The van der Waals surface area contributed by atoms with Gasteiger partial charge in [0.2, 0.25) is 0 Å². The van der Waals surface area contributed by atoms with Gasteiger partial charge in [0.25, 0.3) is 0 Å². The Balaban J connectivity index is 1.66. The number of fused-ring (bicyclic) bond motifs is 2. The number of hydrogen-bond donors (Lipinski definition) is 0. The Bertz CT molecular complexity index is 2100. The first-order valence-corrected chi connectivity index (χ1v) is 40.0. The maximum absolute atomic E-state index is 8.96. The summed E-state index contributed by atoms with van der Waals surface area (Å²) in [7, 11) is 15.0. The summed E-state index contributed by atoms with van der Waals surface area (Å²) in [4.78, 5) is 0. The molecule has 4 aromatic rings. The molecule has 57 heavy (non-hydrogen) atoms. The van der Waals surface area contributed by atoms with Gasteiger partial charge in [-0.1, -0.05) is 0 Å². The predicted octanol–water partition coefficient (Wildman–Crippen LogP) is 16.4. The molecule has 0 N–H and O–H groups in total. The molecule has 2 aliphatic rings. The van der Waals surface area contributed by atoms with Gasteiger partial charge in [-0.25, -0.2) is 0 Å². The Morgan fingerprint density at radius 2 is 0.825 bits per heavy atom. The third-order valence-corrected chi connectivity index (χ3v) is 39.3. The zero-order valence-corrected chi connectivity index (χ0v) is 44.1. The third kappa shape index (κ3) is 7.75. The summed E-state index contributed by atoms with van der Waals surface area (Å²) < 4.78 is 0.953. The van der Waals surface area contributed by atoms with Crippen molar-refractivity contribution in [1.29, 1.82) is 0 Å². The molecule has 2 unspecified atom stereocenters. The van der Waals surface area contributed by atoms with Crippen molar-refractivity contribution < 1.29 is 16.4 Å². The Hall–Kier alpha value is -1.74. The van der Waals surface area contributed by atoms with Crippen LogP contribution in [0.3, 0.4) is 0 Å². The van der Waals surface area contributed by atoms with E-state index in [0.29, 0.717) is 0 Å². The van der Waals surface area contributed by atoms with Crippen LogP contribution in [0.25, 0.3) is 34.4 Å². The molecular formula is C52H71Cl2Si2Zr. The molecule has 0 nitrogen and oxygen atoms in total. The van der Waals surface area contributed by atoms with Crippen molar-refractivity contribution in [3.63, 3.8) is 0 Å². The van der Waals surface area contributed by atoms with Gasteiger partial charge in [0.05, 0.1) is 0 Å². The average molecular weight is 914 g/mol. The molecule has 6 rings (SSSR count). The van der Waals surface area contributed by atoms with Crippen molar-refractivity contribution in [3.8, 4) is 22.3 Å². The number of rotatable bonds is 13. The van der Waals surface area contributed by atoms with E-state index in [-0.39, 0.29) is 7.25 Å². The molecule has 305 valence electrons. The molecule has 2 atom stereocenters. The molecule has 5 heteroatoms. The van der Waals surface area contributed by atoms with Crippen LogP contribution < -0.4 is 10.4 Å². The van der Waals surface area contributed by atoms with Gasteiger partial charge < -0.3 is 0 Å². The number of halogens is 2. The van der Waals surface area contributed by atoms with E-state index < -0.39 is 32.5 Å². The van der Waals surface area contributed by atoms with E-state index in [2.05, 4.69) is 162 Å². The molecule has 0 radical (unpaired) electrons. The summed E-state index contributed by atoms with van der Waals surface area (Å²) in [5.41, 5.74) is 22.4. The molecule has 0 aromatic heterocycles. The van der Waals surface area contributed by atoms with E-state index >= 15 is 0 Å². The van der Waals surface area contributed by atoms with Gasteiger partial charge in [0.1, 0.15) is 0 Å². The van der Waals surface area contributed by atoms with E-state index in [9.17, 15) is 0 Å². The fourth-order valence-corrected chi connectivity index (χ4v) is 31.1. The van der Waals surface area contributed by atoms with Crippen molar-refractivity contribution in [2.24, 2.45) is 0 Å². The van der Waals surface area contributed by atoms with E-state index in [1.165, 1.54) is 99.4 Å². The monoisotopic (exact) mass is 911 g/mol. The zero-order chi connectivity index (χ0) is 42.0. The second kappa shape index (κ2) is 16.3. The van der Waals surface area contributed by atoms with Crippen LogP contribution in [0.2, 0.25) is 43.4 Å². The van der Waals surface area contributed by atoms with E-state index in [4.69, 9.17) is 17.0 Å². The molecule has 0 bridgehead atoms. The van der Waals surface area contributed by atoms with Crippen LogP contribution in [0.5, 0.6) is 0 Å². The summed E-state index contributed by atoms with van der Waals surface area (Å²) >= 11 is -5.08. The van der Waals surface area contributed by atoms with Crippen molar-refractivity contribution in [3.05, 3.63) is 115 Å². The van der Waals surface area contributed by atoms with Crippen molar-refractivity contribution in [2.75, 3.05) is 0 Å². The summed E-state index contributed by atoms with van der Waals surface area (Å²) in [6.45, 7) is 35.8. The minimum atomic E-state index is -5.08. The normalized spacial score (nSPS) is 17.6. The van der Waals surface area contributed by atoms with Crippen molar-refractivity contribution in [1.82, 2.24) is 0 Å². The summed E-state index contributed by atoms with van der Waals surface area (Å²) in [5.74, 6) is 0. The number of allylic oxidation sites excluding steroid dienone is 2. The molecule has 0 saturated carbocycles. The molecule has 0 saturated heterocycles. The topological polar surface area (TPSA) is 0 Å². The fraction of sp³-hybridized carbons (Fsp3) is 0.462. The Labute approximate surface area is 358 Å². The quantitative estimate of drug-likeness (QED) is 0.117. The minimum absolute atomic E-state index is 0.0575. The van der Waals surface area contributed by atoms with Crippen LogP contribution >= 0.6 is 17.0 Å². The van der Waals surface area contributed by atoms with Crippen LogP contribution in [0.15, 0.2) is 59.7 Å². The van der Waals surface area contributed by atoms with E-state index in [1.807, 2.05) is 0 Å². The van der Waals surface area contributed by atoms with Crippen LogP contribution in [0.1, 0.15) is 122 Å². The van der Waals surface area contributed by atoms with Crippen LogP contribution in [0, 0.1) is 41.5 Å². The van der Waals surface area contributed by atoms with Gasteiger partial charge in [0.15, 0.2) is 0 Å². The van der Waals surface area contributed by atoms with Gasteiger partial charge in [-0.3, -0.25) is 0 Å². The zero-order valence-electron chi connectivity index (χ0n) is 38.1. The van der Waals surface area contributed by atoms with Crippen molar-refractivity contribution in [2.45, 2.75) is 152 Å². The predicted molar refractivity (Wildman–Crippen MR) is 261 cm³/mol. The van der Waals surface area contributed by atoms with E-state index in [1.54, 1.807) is 0 Å². The first kappa shape index (κ1) is 44.8. The summed E-state index contributed by atoms with van der Waals surface area (Å²) in [6, 6.07) is 19.2. The molecule has 0 aliphatic heterocycles. The Kier molecular flexibility index (Phi) is 12.8. The second-order valence-electron chi connectivity index (χ2n) is 20.0. The van der Waals surface area contributed by atoms with E-state index in [0.717, 1.165) is 42.7 Å². The van der Waals surface area contributed by atoms with Crippen LogP contribution in [-0.2, 0) is 16.4 Å². The second-order valence-corrected chi connectivity index (χ2v) is 53.1. The molecule has 0 fully saturated rings. The number of benzene rings is 4. The first-order valence-electron chi connectivity index (χ1n) is 22.1. The van der Waals surface area contributed by atoms with Gasteiger partial charge in [0, 0.05) is 0 Å². The Morgan fingerprint density at radius 1 is 0.491 bits per heavy atom. The van der Waals surface area contributed by atoms with Crippen LogP contribution in [0.4, 0.5) is 0 Å². The van der Waals surface area contributed by atoms with Gasteiger partial charge in [-0.2, -0.15) is 0 Å². The molecule has 4 aromatic carbocycles. The van der Waals surface area contributed by atoms with Crippen molar-refractivity contribution >= 4 is 55.7 Å². The summed E-state index contributed by atoms with van der Waals surface area (Å²) in [5, 5.41) is 3.00. The maximum atomic E-state index is 8.96. The molecule has 0 heterocycles. The molecule has 0 amide bonds. The van der Waals surface area contributed by atoms with Gasteiger partial charge in [-0.15, -0.1) is 0 Å².